The topological polar surface area (TPSA) is 108 Å². The number of esters is 2. The molecule has 0 aromatic carbocycles. The molecule has 0 aliphatic heterocycles. The molecule has 432 valence electrons. The summed E-state index contributed by atoms with van der Waals surface area (Å²) in [6.07, 6.45) is 81.9. The number of carboxylic acid groups (broad SMARTS) is 1. The largest absolute Gasteiger partial charge is 0.477 e. The maximum absolute atomic E-state index is 12.9. The molecule has 0 spiro atoms. The first-order chi connectivity index (χ1) is 37.6. The van der Waals surface area contributed by atoms with Crippen LogP contribution in [-0.4, -0.2) is 87.4 Å². The summed E-state index contributed by atoms with van der Waals surface area (Å²) >= 11 is 0. The Balaban J connectivity index is 4.37. The van der Waals surface area contributed by atoms with Crippen LogP contribution in [0, 0.1) is 0 Å². The highest BCUT2D eigenvalue weighted by Crippen LogP contribution is 2.14. The van der Waals surface area contributed by atoms with Gasteiger partial charge in [0, 0.05) is 12.8 Å². The minimum absolute atomic E-state index is 0.167. The fourth-order valence-corrected chi connectivity index (χ4v) is 7.30. The van der Waals surface area contributed by atoms with Crippen LogP contribution in [-0.2, 0) is 33.3 Å². The van der Waals surface area contributed by atoms with Gasteiger partial charge in [0.05, 0.1) is 34.4 Å². The molecular weight excluding hydrogens is 959 g/mol. The fourth-order valence-electron chi connectivity index (χ4n) is 7.30. The van der Waals surface area contributed by atoms with Gasteiger partial charge in [-0.05, 0) is 116 Å². The third kappa shape index (κ3) is 58.4. The number of ether oxygens (including phenoxy) is 4. The van der Waals surface area contributed by atoms with Crippen LogP contribution in [0.15, 0.2) is 158 Å². The molecule has 0 heterocycles. The summed E-state index contributed by atoms with van der Waals surface area (Å²) in [6, 6.07) is 0. The lowest BCUT2D eigenvalue weighted by molar-refractivity contribution is -0.870. The molecule has 0 fully saturated rings. The number of carboxylic acids is 1. The Hall–Kier alpha value is -5.09. The van der Waals surface area contributed by atoms with Gasteiger partial charge in [-0.1, -0.05) is 223 Å². The highest BCUT2D eigenvalue weighted by atomic mass is 16.7. The zero-order valence-corrected chi connectivity index (χ0v) is 49.0. The van der Waals surface area contributed by atoms with Crippen LogP contribution in [0.4, 0.5) is 0 Å². The molecule has 1 N–H and O–H groups in total. The van der Waals surface area contributed by atoms with Crippen LogP contribution < -0.4 is 0 Å². The van der Waals surface area contributed by atoms with Crippen molar-refractivity contribution in [2.24, 2.45) is 0 Å². The highest BCUT2D eigenvalue weighted by Gasteiger charge is 2.25. The lowest BCUT2D eigenvalue weighted by Gasteiger charge is -2.25. The summed E-state index contributed by atoms with van der Waals surface area (Å²) in [5, 5.41) is 9.71. The van der Waals surface area contributed by atoms with Crippen molar-refractivity contribution >= 4 is 17.9 Å². The van der Waals surface area contributed by atoms with E-state index < -0.39 is 24.3 Å². The number of likely N-dealkylation sites (N-methyl/N-ethyl adjacent to an activating group) is 1. The Morgan fingerprint density at radius 1 is 0.390 bits per heavy atom. The summed E-state index contributed by atoms with van der Waals surface area (Å²) in [4.78, 5) is 37.4. The minimum Gasteiger partial charge on any atom is -0.477 e. The van der Waals surface area contributed by atoms with Crippen molar-refractivity contribution in [2.75, 3.05) is 47.5 Å². The van der Waals surface area contributed by atoms with Crippen LogP contribution in [0.3, 0.4) is 0 Å². The van der Waals surface area contributed by atoms with Crippen molar-refractivity contribution in [3.8, 4) is 0 Å². The average molecular weight is 1070 g/mol. The molecule has 0 aromatic rings. The molecule has 0 aliphatic carbocycles. The number of hydrogen-bond acceptors (Lipinski definition) is 7. The van der Waals surface area contributed by atoms with Gasteiger partial charge in [0.15, 0.2) is 6.10 Å². The number of aliphatic carboxylic acids is 1. The van der Waals surface area contributed by atoms with Crippen LogP contribution >= 0.6 is 0 Å². The molecule has 77 heavy (non-hydrogen) atoms. The van der Waals surface area contributed by atoms with Crippen molar-refractivity contribution < 1.29 is 42.9 Å². The predicted molar refractivity (Wildman–Crippen MR) is 327 cm³/mol. The van der Waals surface area contributed by atoms with Gasteiger partial charge in [-0.2, -0.15) is 0 Å². The summed E-state index contributed by atoms with van der Waals surface area (Å²) < 4.78 is 22.8. The van der Waals surface area contributed by atoms with E-state index in [1.807, 2.05) is 21.1 Å². The molecule has 0 rings (SSSR count). The van der Waals surface area contributed by atoms with E-state index in [1.165, 1.54) is 38.5 Å². The number of unbranched alkanes of at least 4 members (excludes halogenated alkanes) is 11. The van der Waals surface area contributed by atoms with E-state index in [-0.39, 0.29) is 38.6 Å². The van der Waals surface area contributed by atoms with E-state index in [0.717, 1.165) is 116 Å². The van der Waals surface area contributed by atoms with E-state index in [4.69, 9.17) is 18.9 Å². The molecule has 0 saturated heterocycles. The van der Waals surface area contributed by atoms with E-state index in [9.17, 15) is 19.5 Å². The van der Waals surface area contributed by atoms with Crippen LogP contribution in [0.5, 0.6) is 0 Å². The minimum atomic E-state index is -1.54. The average Bonchev–Trinajstić information content (AvgIpc) is 3.40. The maximum atomic E-state index is 12.9. The zero-order valence-electron chi connectivity index (χ0n) is 49.0. The molecule has 2 unspecified atom stereocenters. The smallest absolute Gasteiger partial charge is 0.361 e. The van der Waals surface area contributed by atoms with E-state index in [0.29, 0.717) is 23.9 Å². The van der Waals surface area contributed by atoms with Gasteiger partial charge in [-0.3, -0.25) is 9.59 Å². The first-order valence-corrected chi connectivity index (χ1v) is 29.6. The molecular formula is C68H108NO8+. The highest BCUT2D eigenvalue weighted by molar-refractivity contribution is 5.71. The summed E-state index contributed by atoms with van der Waals surface area (Å²) in [7, 11) is 5.93. The maximum Gasteiger partial charge on any atom is 0.361 e. The second kappa shape index (κ2) is 57.1. The number of rotatable bonds is 52. The number of carbonyl (C=O) groups excluding carboxylic acids is 2. The lowest BCUT2D eigenvalue weighted by atomic mass is 10.1. The van der Waals surface area contributed by atoms with Gasteiger partial charge in [0.2, 0.25) is 0 Å². The Kier molecular flexibility index (Phi) is 53.3. The molecule has 0 saturated carbocycles. The normalized spacial score (nSPS) is 13.9. The lowest BCUT2D eigenvalue weighted by Crippen LogP contribution is -2.40. The standard InChI is InChI=1S/C68H107NO8/c1-6-8-10-12-14-16-18-20-22-24-26-28-30-31-32-33-34-35-37-38-40-42-44-46-48-50-52-54-56-58-65(70)75-62-64(63-76-68(67(72)73)74-61-60-69(3,4)5)77-66(71)59-57-55-53-51-49-47-45-43-41-39-36-29-27-25-23-21-19-17-15-13-11-9-7-2/h8-11,14-17,20-23,26-29,31-32,34-35,39,41,45,47,51,53,64,68H,6-7,12-13,18-19,24-25,30,33,36-38,40,42-44,46,48-50,52,54-63H2,1-5H3/p+1/b10-8-,11-9-,16-14-,17-15-,22-20-,23-21-,28-26-,29-27-,32-31-,35-34-,41-39-,47-45-,53-51-. The molecule has 0 bridgehead atoms. The third-order valence-electron chi connectivity index (χ3n) is 11.8. The van der Waals surface area contributed by atoms with Gasteiger partial charge in [-0.25, -0.2) is 4.79 Å². The van der Waals surface area contributed by atoms with E-state index in [2.05, 4.69) is 172 Å². The second-order valence-electron chi connectivity index (χ2n) is 20.2. The van der Waals surface area contributed by atoms with Gasteiger partial charge in [0.1, 0.15) is 13.2 Å². The molecule has 0 amide bonds. The molecule has 9 nitrogen and oxygen atoms in total. The van der Waals surface area contributed by atoms with Crippen LogP contribution in [0.1, 0.15) is 194 Å². The van der Waals surface area contributed by atoms with E-state index in [1.54, 1.807) is 0 Å². The van der Waals surface area contributed by atoms with Crippen molar-refractivity contribution in [1.82, 2.24) is 0 Å². The summed E-state index contributed by atoms with van der Waals surface area (Å²) in [5.41, 5.74) is 0. The second-order valence-corrected chi connectivity index (χ2v) is 20.2. The van der Waals surface area contributed by atoms with Crippen molar-refractivity contribution in [3.63, 3.8) is 0 Å². The van der Waals surface area contributed by atoms with Crippen molar-refractivity contribution in [1.29, 1.82) is 0 Å². The molecule has 0 radical (unpaired) electrons. The molecule has 9 heteroatoms. The van der Waals surface area contributed by atoms with Gasteiger partial charge < -0.3 is 28.5 Å². The number of hydrogen-bond donors (Lipinski definition) is 1. The number of nitrogens with zero attached hydrogens (tertiary/aromatic N) is 1. The van der Waals surface area contributed by atoms with Gasteiger partial charge in [0.25, 0.3) is 6.29 Å². The van der Waals surface area contributed by atoms with Crippen molar-refractivity contribution in [3.05, 3.63) is 158 Å². The summed E-state index contributed by atoms with van der Waals surface area (Å²) in [5.74, 6) is -2.11. The van der Waals surface area contributed by atoms with Crippen LogP contribution in [0.2, 0.25) is 0 Å². The molecule has 0 aliphatic rings. The number of allylic oxidation sites excluding steroid dienone is 26. The van der Waals surface area contributed by atoms with Gasteiger partial charge in [-0.15, -0.1) is 0 Å². The van der Waals surface area contributed by atoms with E-state index >= 15 is 0 Å². The Morgan fingerprint density at radius 2 is 0.714 bits per heavy atom. The van der Waals surface area contributed by atoms with Crippen molar-refractivity contribution in [2.45, 2.75) is 206 Å². The summed E-state index contributed by atoms with van der Waals surface area (Å²) in [6.45, 7) is 4.55. The fraction of sp³-hybridized carbons (Fsp3) is 0.574. The number of carbonyl (C=O) groups is 3. The quantitative estimate of drug-likeness (QED) is 0.0211. The molecule has 2 atom stereocenters. The Morgan fingerprint density at radius 3 is 1.08 bits per heavy atom. The van der Waals surface area contributed by atoms with Gasteiger partial charge >= 0.3 is 17.9 Å². The Labute approximate surface area is 470 Å². The molecule has 0 aromatic heterocycles. The SMILES string of the molecule is CC/C=C\C/C=C\C/C=C\C/C=C\C/C=C\C/C=C\C/C=C\CCCC(=O)OC(COC(=O)CCCCCCCCCCCC/C=C\C/C=C\C/C=C\C/C=C\C/C=C\C/C=C\CC)COC(OCC[N+](C)(C)C)C(=O)O. The first-order valence-electron chi connectivity index (χ1n) is 29.6. The first kappa shape index (κ1) is 71.9. The monoisotopic (exact) mass is 1070 g/mol. The Bertz CT molecular complexity index is 1810. The predicted octanol–water partition coefficient (Wildman–Crippen LogP) is 17.8. The number of quaternary nitrogens is 1. The third-order valence-corrected chi connectivity index (χ3v) is 11.8. The van der Waals surface area contributed by atoms with Crippen LogP contribution in [0.25, 0.3) is 0 Å². The zero-order chi connectivity index (χ0) is 56.2.